The number of nitrogens with two attached hydrogens (primary N) is 1. The highest BCUT2D eigenvalue weighted by atomic mass is 16.5. The summed E-state index contributed by atoms with van der Waals surface area (Å²) in [5.41, 5.74) is 7.75. The van der Waals surface area contributed by atoms with E-state index in [1.807, 2.05) is 67.0 Å². The molecule has 0 aliphatic carbocycles. The topological polar surface area (TPSA) is 70.1 Å². The van der Waals surface area contributed by atoms with Gasteiger partial charge in [0.1, 0.15) is 11.5 Å². The third-order valence-electron chi connectivity index (χ3n) is 4.13. The van der Waals surface area contributed by atoms with E-state index in [0.717, 1.165) is 16.5 Å². The molecule has 132 valence electrons. The summed E-state index contributed by atoms with van der Waals surface area (Å²) >= 11 is 0. The van der Waals surface area contributed by atoms with Crippen molar-refractivity contribution in [3.63, 3.8) is 0 Å². The van der Waals surface area contributed by atoms with Crippen molar-refractivity contribution >= 4 is 29.1 Å². The Morgan fingerprint density at radius 3 is 2.59 bits per heavy atom. The quantitative estimate of drug-likeness (QED) is 0.571. The van der Waals surface area contributed by atoms with E-state index >= 15 is 0 Å². The van der Waals surface area contributed by atoms with Crippen molar-refractivity contribution in [1.82, 2.24) is 9.78 Å². The Kier molecular flexibility index (Phi) is 4.41. The summed E-state index contributed by atoms with van der Waals surface area (Å²) in [6.45, 7) is 0. The van der Waals surface area contributed by atoms with Crippen LogP contribution in [-0.2, 0) is 0 Å². The minimum absolute atomic E-state index is 0.407. The van der Waals surface area contributed by atoms with Gasteiger partial charge in [0, 0.05) is 23.2 Å². The van der Waals surface area contributed by atoms with E-state index in [4.69, 9.17) is 10.5 Å². The molecule has 0 atom stereocenters. The Hall–Kier alpha value is -3.86. The summed E-state index contributed by atoms with van der Waals surface area (Å²) in [4.78, 5) is 11.3. The van der Waals surface area contributed by atoms with Crippen LogP contribution in [0.25, 0.3) is 23.2 Å². The average molecular weight is 355 g/mol. The van der Waals surface area contributed by atoms with Gasteiger partial charge >= 0.3 is 0 Å². The first-order valence-electron chi connectivity index (χ1n) is 8.47. The first kappa shape index (κ1) is 16.6. The number of ether oxygens (including phenoxy) is 1. The van der Waals surface area contributed by atoms with Crippen LogP contribution >= 0.6 is 0 Å². The second-order valence-corrected chi connectivity index (χ2v) is 6.03. The van der Waals surface area contributed by atoms with E-state index in [1.165, 1.54) is 0 Å². The van der Waals surface area contributed by atoms with Crippen LogP contribution in [0, 0.1) is 0 Å². The Balaban J connectivity index is 1.63. The lowest BCUT2D eigenvalue weighted by Crippen LogP contribution is -2.10. The van der Waals surface area contributed by atoms with Gasteiger partial charge in [0.25, 0.3) is 0 Å². The summed E-state index contributed by atoms with van der Waals surface area (Å²) in [7, 11) is 0. The van der Waals surface area contributed by atoms with Crippen molar-refractivity contribution in [3.05, 3.63) is 90.1 Å². The number of hydrogen-bond donors (Lipinski definition) is 1. The van der Waals surface area contributed by atoms with Gasteiger partial charge in [-0.2, -0.15) is 5.10 Å². The maximum Gasteiger partial charge on any atom is 0.248 e. The normalized spacial score (nSPS) is 11.1. The van der Waals surface area contributed by atoms with Crippen LogP contribution in [0.2, 0.25) is 0 Å². The molecule has 0 saturated carbocycles. The number of hydrogen-bond acceptors (Lipinski definition) is 3. The first-order chi connectivity index (χ1) is 13.2. The van der Waals surface area contributed by atoms with Crippen molar-refractivity contribution in [3.8, 4) is 11.5 Å². The summed E-state index contributed by atoms with van der Waals surface area (Å²) in [5, 5.41) is 5.41. The molecule has 0 spiro atoms. The van der Waals surface area contributed by atoms with Crippen molar-refractivity contribution in [2.24, 2.45) is 5.73 Å². The number of carbonyl (C=O) groups is 1. The molecule has 0 aliphatic rings. The van der Waals surface area contributed by atoms with Crippen LogP contribution in [0.4, 0.5) is 0 Å². The molecule has 0 radical (unpaired) electrons. The van der Waals surface area contributed by atoms with E-state index in [1.54, 1.807) is 28.9 Å². The van der Waals surface area contributed by atoms with E-state index < -0.39 is 5.91 Å². The van der Waals surface area contributed by atoms with Crippen molar-refractivity contribution in [1.29, 1.82) is 0 Å². The number of aromatic nitrogens is 2. The number of primary amides is 1. The van der Waals surface area contributed by atoms with Gasteiger partial charge in [-0.3, -0.25) is 4.79 Å². The highest BCUT2D eigenvalue weighted by Gasteiger charge is 2.06. The first-order valence-corrected chi connectivity index (χ1v) is 8.47. The maximum absolute atomic E-state index is 11.3. The molecule has 5 heteroatoms. The zero-order valence-electron chi connectivity index (χ0n) is 14.4. The molecule has 4 rings (SSSR count). The Bertz CT molecular complexity index is 1130. The highest BCUT2D eigenvalue weighted by molar-refractivity contribution is 5.93. The minimum atomic E-state index is -0.486. The number of amides is 1. The third-order valence-corrected chi connectivity index (χ3v) is 4.13. The summed E-state index contributed by atoms with van der Waals surface area (Å²) in [6.07, 6.45) is 5.72. The zero-order chi connectivity index (χ0) is 18.6. The van der Waals surface area contributed by atoms with Crippen molar-refractivity contribution in [2.45, 2.75) is 0 Å². The van der Waals surface area contributed by atoms with Crippen LogP contribution in [0.3, 0.4) is 0 Å². The third kappa shape index (κ3) is 3.72. The molecule has 1 heterocycles. The predicted octanol–water partition coefficient (Wildman–Crippen LogP) is 4.56. The molecule has 0 aliphatic heterocycles. The Morgan fingerprint density at radius 2 is 1.78 bits per heavy atom. The van der Waals surface area contributed by atoms with Gasteiger partial charge in [-0.05, 0) is 42.0 Å². The molecule has 0 saturated heterocycles. The predicted molar refractivity (Wildman–Crippen MR) is 106 cm³/mol. The van der Waals surface area contributed by atoms with Gasteiger partial charge in [-0.15, -0.1) is 0 Å². The van der Waals surface area contributed by atoms with E-state index in [9.17, 15) is 4.79 Å². The molecule has 5 nitrogen and oxygen atoms in total. The maximum atomic E-state index is 11.3. The van der Waals surface area contributed by atoms with Gasteiger partial charge in [-0.1, -0.05) is 36.4 Å². The number of rotatable bonds is 5. The SMILES string of the molecule is NC(=O)c1cccc(Oc2ccc3cnn(C=Cc4ccccc4)c3c2)c1. The minimum Gasteiger partial charge on any atom is -0.457 e. The summed E-state index contributed by atoms with van der Waals surface area (Å²) < 4.78 is 7.69. The fraction of sp³-hybridized carbons (Fsp3) is 0. The van der Waals surface area contributed by atoms with Crippen LogP contribution in [-0.4, -0.2) is 15.7 Å². The Morgan fingerprint density at radius 1 is 0.963 bits per heavy atom. The van der Waals surface area contributed by atoms with E-state index in [0.29, 0.717) is 17.1 Å². The number of nitrogens with zero attached hydrogens (tertiary/aromatic N) is 2. The van der Waals surface area contributed by atoms with Gasteiger partial charge in [0.15, 0.2) is 0 Å². The average Bonchev–Trinajstić information content (AvgIpc) is 3.10. The largest absolute Gasteiger partial charge is 0.457 e. The monoisotopic (exact) mass is 355 g/mol. The van der Waals surface area contributed by atoms with Crippen molar-refractivity contribution in [2.75, 3.05) is 0 Å². The summed E-state index contributed by atoms with van der Waals surface area (Å²) in [6, 6.07) is 22.6. The summed E-state index contributed by atoms with van der Waals surface area (Å²) in [5.74, 6) is 0.718. The molecule has 3 aromatic carbocycles. The molecule has 0 bridgehead atoms. The smallest absolute Gasteiger partial charge is 0.248 e. The fourth-order valence-electron chi connectivity index (χ4n) is 2.77. The lowest BCUT2D eigenvalue weighted by molar-refractivity contribution is 0.1000. The van der Waals surface area contributed by atoms with E-state index in [-0.39, 0.29) is 0 Å². The number of carbonyl (C=O) groups excluding carboxylic acids is 1. The molecule has 27 heavy (non-hydrogen) atoms. The molecule has 0 fully saturated rings. The molecule has 4 aromatic rings. The number of fused-ring (bicyclic) bond motifs is 1. The highest BCUT2D eigenvalue weighted by Crippen LogP contribution is 2.26. The lowest BCUT2D eigenvalue weighted by Gasteiger charge is -2.07. The second kappa shape index (κ2) is 7.17. The van der Waals surface area contributed by atoms with Gasteiger partial charge in [-0.25, -0.2) is 4.68 Å². The van der Waals surface area contributed by atoms with Gasteiger partial charge in [0.2, 0.25) is 5.91 Å². The second-order valence-electron chi connectivity index (χ2n) is 6.03. The van der Waals surface area contributed by atoms with Gasteiger partial charge in [0.05, 0.1) is 11.7 Å². The fourth-order valence-corrected chi connectivity index (χ4v) is 2.77. The van der Waals surface area contributed by atoms with Crippen LogP contribution in [0.5, 0.6) is 11.5 Å². The van der Waals surface area contributed by atoms with Crippen LogP contribution < -0.4 is 10.5 Å². The molecular weight excluding hydrogens is 338 g/mol. The van der Waals surface area contributed by atoms with Crippen LogP contribution in [0.15, 0.2) is 79.0 Å². The van der Waals surface area contributed by atoms with Crippen molar-refractivity contribution < 1.29 is 9.53 Å². The van der Waals surface area contributed by atoms with E-state index in [2.05, 4.69) is 5.10 Å². The lowest BCUT2D eigenvalue weighted by atomic mass is 10.2. The number of benzene rings is 3. The Labute approximate surface area is 156 Å². The standard InChI is InChI=1S/C22H17N3O2/c23-22(26)17-7-4-8-19(13-17)27-20-10-9-18-15-24-25(21(18)14-20)12-11-16-5-2-1-3-6-16/h1-15H,(H2,23,26). The molecule has 1 amide bonds. The van der Waals surface area contributed by atoms with Crippen LogP contribution in [0.1, 0.15) is 15.9 Å². The molecule has 1 aromatic heterocycles. The zero-order valence-corrected chi connectivity index (χ0v) is 14.4. The molecule has 2 N–H and O–H groups in total. The molecule has 0 unspecified atom stereocenters. The molecular formula is C22H17N3O2. The van der Waals surface area contributed by atoms with Gasteiger partial charge < -0.3 is 10.5 Å².